The lowest BCUT2D eigenvalue weighted by atomic mass is 9.86. The number of nitrogens with zero attached hydrogens (tertiary/aromatic N) is 2. The Morgan fingerprint density at radius 2 is 1.96 bits per heavy atom. The largest absolute Gasteiger partial charge is 0.354 e. The Kier molecular flexibility index (Phi) is 4.87. The molecule has 0 saturated heterocycles. The molecular formula is C21H25N3O2. The number of amides is 1. The second-order valence-electron chi connectivity index (χ2n) is 7.65. The molecule has 2 saturated carbocycles. The van der Waals surface area contributed by atoms with Gasteiger partial charge in [0.2, 0.25) is 5.91 Å². The third-order valence-electron chi connectivity index (χ3n) is 5.95. The highest BCUT2D eigenvalue weighted by Crippen LogP contribution is 2.49. The molecule has 1 aromatic carbocycles. The molecule has 1 N–H and O–H groups in total. The van der Waals surface area contributed by atoms with Crippen molar-refractivity contribution in [2.75, 3.05) is 6.54 Å². The summed E-state index contributed by atoms with van der Waals surface area (Å²) in [4.78, 5) is 24.3. The molecule has 0 radical (unpaired) electrons. The summed E-state index contributed by atoms with van der Waals surface area (Å²) in [5, 5.41) is 7.31. The Bertz CT molecular complexity index is 831. The zero-order valence-corrected chi connectivity index (χ0v) is 14.9. The van der Waals surface area contributed by atoms with Gasteiger partial charge in [-0.3, -0.25) is 9.59 Å². The highest BCUT2D eigenvalue weighted by molar-refractivity contribution is 5.75. The maximum absolute atomic E-state index is 12.2. The van der Waals surface area contributed by atoms with E-state index in [1.807, 2.05) is 30.3 Å². The van der Waals surface area contributed by atoms with Gasteiger partial charge in [-0.1, -0.05) is 36.8 Å². The van der Waals surface area contributed by atoms with E-state index in [0.717, 1.165) is 29.7 Å². The summed E-state index contributed by atoms with van der Waals surface area (Å²) in [6.07, 6.45) is 6.55. The number of nitrogens with one attached hydrogen (secondary N) is 1. The second-order valence-corrected chi connectivity index (χ2v) is 7.65. The van der Waals surface area contributed by atoms with Crippen LogP contribution in [-0.4, -0.2) is 22.2 Å². The Morgan fingerprint density at radius 3 is 2.69 bits per heavy atom. The molecule has 2 aromatic rings. The zero-order valence-electron chi connectivity index (χ0n) is 14.9. The molecule has 5 nitrogen and oxygen atoms in total. The van der Waals surface area contributed by atoms with E-state index in [2.05, 4.69) is 10.4 Å². The van der Waals surface area contributed by atoms with E-state index in [4.69, 9.17) is 0 Å². The first-order chi connectivity index (χ1) is 12.7. The Hall–Kier alpha value is -2.43. The van der Waals surface area contributed by atoms with Gasteiger partial charge in [0.1, 0.15) is 6.54 Å². The summed E-state index contributed by atoms with van der Waals surface area (Å²) in [7, 11) is 0. The van der Waals surface area contributed by atoms with E-state index >= 15 is 0 Å². The molecule has 2 bridgehead atoms. The van der Waals surface area contributed by atoms with Crippen LogP contribution in [0.4, 0.5) is 0 Å². The van der Waals surface area contributed by atoms with Crippen LogP contribution in [0.25, 0.3) is 11.3 Å². The summed E-state index contributed by atoms with van der Waals surface area (Å²) in [5.41, 5.74) is 1.37. The molecule has 26 heavy (non-hydrogen) atoms. The minimum atomic E-state index is -0.257. The molecule has 1 aromatic heterocycles. The lowest BCUT2D eigenvalue weighted by Crippen LogP contribution is -2.34. The van der Waals surface area contributed by atoms with Gasteiger partial charge in [0.15, 0.2) is 0 Å². The normalized spacial score (nSPS) is 23.9. The highest BCUT2D eigenvalue weighted by Gasteiger charge is 2.38. The molecule has 5 heteroatoms. The summed E-state index contributed by atoms with van der Waals surface area (Å²) >= 11 is 0. The van der Waals surface area contributed by atoms with Gasteiger partial charge < -0.3 is 5.32 Å². The van der Waals surface area contributed by atoms with Gasteiger partial charge in [-0.25, -0.2) is 4.68 Å². The molecule has 0 unspecified atom stereocenters. The Labute approximate surface area is 153 Å². The fourth-order valence-corrected chi connectivity index (χ4v) is 4.64. The summed E-state index contributed by atoms with van der Waals surface area (Å²) in [5.74, 6) is 2.44. The number of benzene rings is 1. The fraction of sp³-hybridized carbons (Fsp3) is 0.476. The molecule has 2 aliphatic rings. The first-order valence-electron chi connectivity index (χ1n) is 9.59. The van der Waals surface area contributed by atoms with Gasteiger partial charge in [-0.15, -0.1) is 0 Å². The fourth-order valence-electron chi connectivity index (χ4n) is 4.64. The van der Waals surface area contributed by atoms with Crippen LogP contribution >= 0.6 is 0 Å². The Balaban J connectivity index is 1.33. The number of carbonyl (C=O) groups excluding carboxylic acids is 1. The van der Waals surface area contributed by atoms with Crippen LogP contribution in [0.1, 0.15) is 32.1 Å². The van der Waals surface area contributed by atoms with Gasteiger partial charge in [-0.05, 0) is 49.5 Å². The first kappa shape index (κ1) is 17.0. The van der Waals surface area contributed by atoms with E-state index < -0.39 is 0 Å². The quantitative estimate of drug-likeness (QED) is 0.870. The lowest BCUT2D eigenvalue weighted by molar-refractivity contribution is -0.121. The van der Waals surface area contributed by atoms with Crippen LogP contribution < -0.4 is 10.9 Å². The zero-order chi connectivity index (χ0) is 17.9. The molecule has 136 valence electrons. The smallest absolute Gasteiger partial charge is 0.267 e. The van der Waals surface area contributed by atoms with Crippen molar-refractivity contribution in [1.29, 1.82) is 0 Å². The first-order valence-corrected chi connectivity index (χ1v) is 9.59. The summed E-state index contributed by atoms with van der Waals surface area (Å²) in [6, 6.07) is 12.8. The van der Waals surface area contributed by atoms with Gasteiger partial charge in [0.25, 0.3) is 5.56 Å². The van der Waals surface area contributed by atoms with Crippen molar-refractivity contribution in [2.45, 2.75) is 38.6 Å². The van der Waals surface area contributed by atoms with Gasteiger partial charge >= 0.3 is 0 Å². The maximum Gasteiger partial charge on any atom is 0.267 e. The minimum absolute atomic E-state index is 0.0315. The maximum atomic E-state index is 12.2. The van der Waals surface area contributed by atoms with Crippen LogP contribution in [0.15, 0.2) is 47.3 Å². The van der Waals surface area contributed by atoms with Crippen LogP contribution in [0.5, 0.6) is 0 Å². The number of aromatic nitrogens is 2. The van der Waals surface area contributed by atoms with Crippen molar-refractivity contribution in [3.05, 3.63) is 52.8 Å². The predicted octanol–water partition coefficient (Wildman–Crippen LogP) is 2.85. The number of fused-ring (bicyclic) bond motifs is 2. The van der Waals surface area contributed by atoms with Crippen molar-refractivity contribution < 1.29 is 4.79 Å². The van der Waals surface area contributed by atoms with E-state index in [1.54, 1.807) is 6.07 Å². The van der Waals surface area contributed by atoms with Crippen molar-refractivity contribution >= 4 is 5.91 Å². The minimum Gasteiger partial charge on any atom is -0.354 e. The molecule has 3 atom stereocenters. The van der Waals surface area contributed by atoms with Gasteiger partial charge in [0.05, 0.1) is 5.69 Å². The number of hydrogen-bond donors (Lipinski definition) is 1. The van der Waals surface area contributed by atoms with Gasteiger partial charge in [-0.2, -0.15) is 5.10 Å². The van der Waals surface area contributed by atoms with E-state index in [0.29, 0.717) is 12.2 Å². The Morgan fingerprint density at radius 1 is 1.12 bits per heavy atom. The third-order valence-corrected chi connectivity index (χ3v) is 5.95. The van der Waals surface area contributed by atoms with Crippen LogP contribution in [0.3, 0.4) is 0 Å². The SMILES string of the molecule is O=C(Cn1nc(-c2ccccc2)ccc1=O)NCC[C@@H]1C[C@H]2CC[C@H]1C2. The topological polar surface area (TPSA) is 64.0 Å². The average Bonchev–Trinajstić information content (AvgIpc) is 3.27. The van der Waals surface area contributed by atoms with Crippen LogP contribution in [0.2, 0.25) is 0 Å². The van der Waals surface area contributed by atoms with E-state index in [9.17, 15) is 9.59 Å². The van der Waals surface area contributed by atoms with Crippen molar-refractivity contribution in [2.24, 2.45) is 17.8 Å². The molecule has 4 rings (SSSR count). The highest BCUT2D eigenvalue weighted by atomic mass is 16.2. The van der Waals surface area contributed by atoms with Gasteiger partial charge in [0, 0.05) is 18.2 Å². The molecule has 2 fully saturated rings. The molecule has 2 aliphatic carbocycles. The van der Waals surface area contributed by atoms with E-state index in [1.165, 1.54) is 36.4 Å². The molecule has 1 amide bonds. The average molecular weight is 351 g/mol. The van der Waals surface area contributed by atoms with Crippen molar-refractivity contribution in [1.82, 2.24) is 15.1 Å². The van der Waals surface area contributed by atoms with E-state index in [-0.39, 0.29) is 18.0 Å². The lowest BCUT2D eigenvalue weighted by Gasteiger charge is -2.21. The monoisotopic (exact) mass is 351 g/mol. The molecule has 0 spiro atoms. The number of rotatable bonds is 6. The number of hydrogen-bond acceptors (Lipinski definition) is 3. The number of carbonyl (C=O) groups is 1. The predicted molar refractivity (Wildman–Crippen MR) is 100 cm³/mol. The molecule has 0 aliphatic heterocycles. The standard InChI is InChI=1S/C21H25N3O2/c25-20(22-11-10-18-13-15-6-7-17(18)12-15)14-24-21(26)9-8-19(23-24)16-4-2-1-3-5-16/h1-5,8-9,15,17-18H,6-7,10-14H2,(H,22,25)/t15-,17-,18+/m0/s1. The van der Waals surface area contributed by atoms with Crippen LogP contribution in [0, 0.1) is 17.8 Å². The third kappa shape index (κ3) is 3.71. The van der Waals surface area contributed by atoms with Crippen molar-refractivity contribution in [3.8, 4) is 11.3 Å². The molecular weight excluding hydrogens is 326 g/mol. The molecule has 1 heterocycles. The van der Waals surface area contributed by atoms with Crippen molar-refractivity contribution in [3.63, 3.8) is 0 Å². The second kappa shape index (κ2) is 7.44. The van der Waals surface area contributed by atoms with Crippen LogP contribution in [-0.2, 0) is 11.3 Å². The summed E-state index contributed by atoms with van der Waals surface area (Å²) in [6.45, 7) is 0.663. The summed E-state index contributed by atoms with van der Waals surface area (Å²) < 4.78 is 1.25.